The number of nitrogens with zero attached hydrogens (tertiary/aromatic N) is 2. The quantitative estimate of drug-likeness (QED) is 0.155. The van der Waals surface area contributed by atoms with Crippen molar-refractivity contribution in [1.82, 2.24) is 15.3 Å². The maximum atomic E-state index is 10.1. The first kappa shape index (κ1) is 28.8. The molecule has 0 unspecified atom stereocenters. The van der Waals surface area contributed by atoms with E-state index in [1.165, 1.54) is 116 Å². The predicted octanol–water partition coefficient (Wildman–Crippen LogP) is 5.81. The molecule has 0 spiro atoms. The average Bonchev–Trinajstić information content (AvgIpc) is 2.75. The van der Waals surface area contributed by atoms with Crippen molar-refractivity contribution in [3.8, 4) is 0 Å². The van der Waals surface area contributed by atoms with Crippen LogP contribution in [0.2, 0.25) is 0 Å². The molecule has 0 atom stereocenters. The summed E-state index contributed by atoms with van der Waals surface area (Å²) in [6.45, 7) is 7.99. The summed E-state index contributed by atoms with van der Waals surface area (Å²) in [7, 11) is 0. The molecule has 5 heteroatoms. The summed E-state index contributed by atoms with van der Waals surface area (Å²) in [6.07, 6.45) is 24.7. The van der Waals surface area contributed by atoms with Crippen molar-refractivity contribution < 1.29 is 10.2 Å². The average molecular weight is 442 g/mol. The molecule has 1 heterocycles. The van der Waals surface area contributed by atoms with Crippen LogP contribution in [0.3, 0.4) is 0 Å². The van der Waals surface area contributed by atoms with E-state index in [4.69, 9.17) is 0 Å². The zero-order chi connectivity index (χ0) is 22.6. The molecule has 0 aliphatic carbocycles. The van der Waals surface area contributed by atoms with E-state index in [1.54, 1.807) is 5.01 Å². The molecule has 1 aliphatic heterocycles. The molecule has 0 radical (unpaired) electrons. The standard InChI is InChI=1S/C26H55N3O2/c1-3-4-5-6-7-8-9-10-11-12-13-14-15-16-17-18-19-20-23-29(26(2,30)31)28-24-21-27-22-25-28/h27,30-31H,3-25H2,1-2H3. The Balaban J connectivity index is 1.85. The van der Waals surface area contributed by atoms with Crippen molar-refractivity contribution in [3.63, 3.8) is 0 Å². The molecule has 1 aliphatic rings. The van der Waals surface area contributed by atoms with Gasteiger partial charge in [-0.15, -0.1) is 0 Å². The first-order chi connectivity index (χ1) is 15.1. The molecule has 3 N–H and O–H groups in total. The van der Waals surface area contributed by atoms with E-state index in [2.05, 4.69) is 17.2 Å². The highest BCUT2D eigenvalue weighted by atomic mass is 16.5. The molecule has 0 bridgehead atoms. The Morgan fingerprint density at radius 2 is 1.00 bits per heavy atom. The Hall–Kier alpha value is -0.200. The summed E-state index contributed by atoms with van der Waals surface area (Å²) in [5, 5.41) is 27.3. The second-order valence-electron chi connectivity index (χ2n) is 9.81. The summed E-state index contributed by atoms with van der Waals surface area (Å²) in [4.78, 5) is 0. The number of rotatable bonds is 21. The Morgan fingerprint density at radius 3 is 1.35 bits per heavy atom. The molecule has 0 amide bonds. The minimum absolute atomic E-state index is 0.724. The number of aliphatic hydroxyl groups is 2. The number of unbranched alkanes of at least 4 members (excludes halogenated alkanes) is 17. The second kappa shape index (κ2) is 19.3. The number of hydrogen-bond donors (Lipinski definition) is 3. The third kappa shape index (κ3) is 16.1. The number of nitrogens with one attached hydrogen (secondary N) is 1. The summed E-state index contributed by atoms with van der Waals surface area (Å²) in [6, 6.07) is 0. The smallest absolute Gasteiger partial charge is 0.234 e. The van der Waals surface area contributed by atoms with Crippen molar-refractivity contribution in [3.05, 3.63) is 0 Å². The van der Waals surface area contributed by atoms with Crippen LogP contribution in [-0.2, 0) is 0 Å². The van der Waals surface area contributed by atoms with Gasteiger partial charge in [-0.2, -0.15) is 5.01 Å². The fraction of sp³-hybridized carbons (Fsp3) is 1.00. The van der Waals surface area contributed by atoms with E-state index in [9.17, 15) is 10.2 Å². The lowest BCUT2D eigenvalue weighted by molar-refractivity contribution is -0.316. The number of hydrogen-bond acceptors (Lipinski definition) is 5. The first-order valence-electron chi connectivity index (χ1n) is 13.7. The van der Waals surface area contributed by atoms with Crippen LogP contribution in [0, 0.1) is 0 Å². The van der Waals surface area contributed by atoms with Gasteiger partial charge in [0.05, 0.1) is 0 Å². The summed E-state index contributed by atoms with van der Waals surface area (Å²) in [5.74, 6) is -1.76. The van der Waals surface area contributed by atoms with Crippen molar-refractivity contribution in [2.75, 3.05) is 32.7 Å². The molecule has 186 valence electrons. The largest absolute Gasteiger partial charge is 0.353 e. The highest BCUT2D eigenvalue weighted by Crippen LogP contribution is 2.16. The molecular formula is C26H55N3O2. The molecule has 0 aromatic heterocycles. The molecule has 0 aromatic rings. The van der Waals surface area contributed by atoms with Crippen molar-refractivity contribution in [1.29, 1.82) is 0 Å². The van der Waals surface area contributed by atoms with Gasteiger partial charge in [0.1, 0.15) is 0 Å². The Kier molecular flexibility index (Phi) is 17.9. The molecule has 1 rings (SSSR count). The van der Waals surface area contributed by atoms with E-state index in [0.29, 0.717) is 0 Å². The van der Waals surface area contributed by atoms with Crippen molar-refractivity contribution >= 4 is 0 Å². The van der Waals surface area contributed by atoms with Gasteiger partial charge in [0.2, 0.25) is 5.91 Å². The summed E-state index contributed by atoms with van der Waals surface area (Å²) >= 11 is 0. The maximum Gasteiger partial charge on any atom is 0.234 e. The predicted molar refractivity (Wildman–Crippen MR) is 133 cm³/mol. The van der Waals surface area contributed by atoms with Gasteiger partial charge in [-0.05, 0) is 6.42 Å². The molecule has 5 nitrogen and oxygen atoms in total. The topological polar surface area (TPSA) is 59.0 Å². The lowest BCUT2D eigenvalue weighted by atomic mass is 10.0. The summed E-state index contributed by atoms with van der Waals surface area (Å²) < 4.78 is 0. The third-order valence-electron chi connectivity index (χ3n) is 6.65. The van der Waals surface area contributed by atoms with Gasteiger partial charge in [0.25, 0.3) is 0 Å². The Labute approximate surface area is 193 Å². The number of hydrazine groups is 1. The van der Waals surface area contributed by atoms with Crippen LogP contribution in [-0.4, -0.2) is 58.9 Å². The minimum atomic E-state index is -1.76. The maximum absolute atomic E-state index is 10.1. The van der Waals surface area contributed by atoms with Gasteiger partial charge >= 0.3 is 0 Å². The summed E-state index contributed by atoms with van der Waals surface area (Å²) in [5.41, 5.74) is 0. The van der Waals surface area contributed by atoms with Gasteiger partial charge < -0.3 is 15.5 Å². The molecule has 0 aromatic carbocycles. The molecule has 1 fully saturated rings. The monoisotopic (exact) mass is 441 g/mol. The van der Waals surface area contributed by atoms with E-state index in [-0.39, 0.29) is 0 Å². The van der Waals surface area contributed by atoms with Gasteiger partial charge in [-0.25, -0.2) is 5.01 Å². The van der Waals surface area contributed by atoms with Crippen LogP contribution in [0.5, 0.6) is 0 Å². The second-order valence-corrected chi connectivity index (χ2v) is 9.81. The normalized spacial score (nSPS) is 15.8. The Morgan fingerprint density at radius 1 is 0.645 bits per heavy atom. The Bertz CT molecular complexity index is 381. The highest BCUT2D eigenvalue weighted by Gasteiger charge is 2.31. The molecule has 1 saturated heterocycles. The minimum Gasteiger partial charge on any atom is -0.353 e. The highest BCUT2D eigenvalue weighted by molar-refractivity contribution is 4.70. The van der Waals surface area contributed by atoms with Crippen molar-refractivity contribution in [2.45, 2.75) is 135 Å². The lowest BCUT2D eigenvalue weighted by Crippen LogP contribution is -2.60. The van der Waals surface area contributed by atoms with Crippen LogP contribution < -0.4 is 5.32 Å². The van der Waals surface area contributed by atoms with Gasteiger partial charge in [-0.3, -0.25) is 0 Å². The fourth-order valence-electron chi connectivity index (χ4n) is 4.68. The zero-order valence-corrected chi connectivity index (χ0v) is 21.1. The van der Waals surface area contributed by atoms with E-state index in [1.807, 2.05) is 0 Å². The van der Waals surface area contributed by atoms with Crippen LogP contribution in [0.25, 0.3) is 0 Å². The first-order valence-corrected chi connectivity index (χ1v) is 13.7. The van der Waals surface area contributed by atoms with Gasteiger partial charge in [-0.1, -0.05) is 116 Å². The van der Waals surface area contributed by atoms with Crippen molar-refractivity contribution in [2.24, 2.45) is 0 Å². The lowest BCUT2D eigenvalue weighted by Gasteiger charge is -2.43. The molecular weight excluding hydrogens is 386 g/mol. The zero-order valence-electron chi connectivity index (χ0n) is 21.1. The van der Waals surface area contributed by atoms with Crippen LogP contribution in [0.15, 0.2) is 0 Å². The van der Waals surface area contributed by atoms with Gasteiger partial charge in [0.15, 0.2) is 0 Å². The molecule has 31 heavy (non-hydrogen) atoms. The van der Waals surface area contributed by atoms with Gasteiger partial charge in [0, 0.05) is 39.6 Å². The SMILES string of the molecule is CCCCCCCCCCCCCCCCCCCCN(N1CCNCC1)C(C)(O)O. The number of piperazine rings is 1. The van der Waals surface area contributed by atoms with Crippen LogP contribution in [0.1, 0.15) is 129 Å². The van der Waals surface area contributed by atoms with E-state index in [0.717, 1.165) is 39.1 Å². The van der Waals surface area contributed by atoms with Crippen LogP contribution >= 0.6 is 0 Å². The molecule has 0 saturated carbocycles. The van der Waals surface area contributed by atoms with E-state index < -0.39 is 5.91 Å². The fourth-order valence-corrected chi connectivity index (χ4v) is 4.68. The van der Waals surface area contributed by atoms with E-state index >= 15 is 0 Å². The van der Waals surface area contributed by atoms with Crippen LogP contribution in [0.4, 0.5) is 0 Å². The third-order valence-corrected chi connectivity index (χ3v) is 6.65.